The molecule has 1 N–H and O–H groups in total. The number of ether oxygens (including phenoxy) is 2. The molecule has 3 heterocycles. The molecule has 0 aliphatic carbocycles. The zero-order valence-electron chi connectivity index (χ0n) is 17.3. The van der Waals surface area contributed by atoms with Gasteiger partial charge in [0.25, 0.3) is 5.91 Å². The summed E-state index contributed by atoms with van der Waals surface area (Å²) >= 11 is 0. The van der Waals surface area contributed by atoms with Gasteiger partial charge in [0.1, 0.15) is 17.2 Å². The van der Waals surface area contributed by atoms with Crippen LogP contribution >= 0.6 is 0 Å². The maximum Gasteiger partial charge on any atom is 0.470 e. The van der Waals surface area contributed by atoms with Gasteiger partial charge in [-0.1, -0.05) is 0 Å². The number of benzene rings is 1. The lowest BCUT2D eigenvalue weighted by Gasteiger charge is -2.30. The van der Waals surface area contributed by atoms with Crippen molar-refractivity contribution in [1.29, 1.82) is 0 Å². The minimum Gasteiger partial charge on any atom is -0.497 e. The first-order chi connectivity index (χ1) is 15.3. The summed E-state index contributed by atoms with van der Waals surface area (Å²) in [5, 5.41) is 13.6. The van der Waals surface area contributed by atoms with E-state index < -0.39 is 18.0 Å². The lowest BCUT2D eigenvalue weighted by atomic mass is 9.97. The van der Waals surface area contributed by atoms with E-state index in [9.17, 15) is 18.0 Å². The number of rotatable bonds is 5. The summed E-state index contributed by atoms with van der Waals surface area (Å²) in [4.78, 5) is 14.5. The molecule has 12 heteroatoms. The summed E-state index contributed by atoms with van der Waals surface area (Å²) in [6.45, 7) is 0.613. The number of carbonyl (C=O) groups excluding carboxylic acids is 1. The maximum absolute atomic E-state index is 13.0. The topological polar surface area (TPSA) is 106 Å². The highest BCUT2D eigenvalue weighted by atomic mass is 19.4. The fraction of sp³-hybridized carbons (Fsp3) is 0.400. The van der Waals surface area contributed by atoms with Gasteiger partial charge in [0.15, 0.2) is 0 Å². The molecular weight excluding hydrogens is 431 g/mol. The number of halogens is 3. The minimum atomic E-state index is -4.71. The van der Waals surface area contributed by atoms with Crippen molar-refractivity contribution in [3.05, 3.63) is 41.7 Å². The van der Waals surface area contributed by atoms with Gasteiger partial charge in [-0.15, -0.1) is 10.2 Å². The fourth-order valence-electron chi connectivity index (χ4n) is 3.63. The van der Waals surface area contributed by atoms with Crippen molar-refractivity contribution in [2.24, 2.45) is 0 Å². The van der Waals surface area contributed by atoms with E-state index in [-0.39, 0.29) is 24.0 Å². The Kier molecular flexibility index (Phi) is 5.76. The van der Waals surface area contributed by atoms with E-state index in [1.807, 2.05) is 0 Å². The lowest BCUT2D eigenvalue weighted by Crippen LogP contribution is -2.39. The van der Waals surface area contributed by atoms with Crippen molar-refractivity contribution >= 4 is 5.91 Å². The van der Waals surface area contributed by atoms with Gasteiger partial charge in [0.05, 0.1) is 25.8 Å². The van der Waals surface area contributed by atoms with Crippen LogP contribution in [0.5, 0.6) is 11.5 Å². The Balaban J connectivity index is 1.52. The average Bonchev–Trinajstić information content (AvgIpc) is 3.48. The summed E-state index contributed by atoms with van der Waals surface area (Å²) in [5.74, 6) is -1.15. The third kappa shape index (κ3) is 4.25. The first kappa shape index (κ1) is 21.7. The molecule has 1 fully saturated rings. The smallest absolute Gasteiger partial charge is 0.470 e. The first-order valence-electron chi connectivity index (χ1n) is 9.78. The first-order valence-corrected chi connectivity index (χ1v) is 9.78. The highest BCUT2D eigenvalue weighted by molar-refractivity contribution is 5.93. The molecule has 0 spiro atoms. The molecule has 1 saturated heterocycles. The summed E-state index contributed by atoms with van der Waals surface area (Å²) in [6.07, 6.45) is -3.58. The van der Waals surface area contributed by atoms with Gasteiger partial charge in [0.2, 0.25) is 5.89 Å². The van der Waals surface area contributed by atoms with Gasteiger partial charge in [-0.2, -0.15) is 18.3 Å². The van der Waals surface area contributed by atoms with E-state index in [0.29, 0.717) is 42.1 Å². The van der Waals surface area contributed by atoms with Crippen LogP contribution in [0.2, 0.25) is 0 Å². The number of piperidine rings is 1. The van der Waals surface area contributed by atoms with Crippen molar-refractivity contribution in [3.63, 3.8) is 0 Å². The van der Waals surface area contributed by atoms with Crippen molar-refractivity contribution in [3.8, 4) is 22.8 Å². The van der Waals surface area contributed by atoms with E-state index in [4.69, 9.17) is 13.9 Å². The lowest BCUT2D eigenvalue weighted by molar-refractivity contribution is -0.157. The molecule has 32 heavy (non-hydrogen) atoms. The molecule has 1 amide bonds. The van der Waals surface area contributed by atoms with Crippen LogP contribution in [0.3, 0.4) is 0 Å². The molecule has 0 saturated carbocycles. The van der Waals surface area contributed by atoms with Crippen LogP contribution in [0, 0.1) is 0 Å². The number of alkyl halides is 3. The zero-order valence-corrected chi connectivity index (χ0v) is 17.3. The highest BCUT2D eigenvalue weighted by Crippen LogP contribution is 2.34. The van der Waals surface area contributed by atoms with Gasteiger partial charge >= 0.3 is 12.1 Å². The average molecular weight is 451 g/mol. The van der Waals surface area contributed by atoms with Crippen molar-refractivity contribution in [1.82, 2.24) is 25.3 Å². The van der Waals surface area contributed by atoms with Crippen LogP contribution in [0.1, 0.15) is 41.0 Å². The predicted octanol–water partition coefficient (Wildman–Crippen LogP) is 3.52. The normalized spacial score (nSPS) is 16.8. The molecule has 0 radical (unpaired) electrons. The number of carbonyl (C=O) groups is 1. The van der Waals surface area contributed by atoms with Crippen molar-refractivity contribution < 1.29 is 31.9 Å². The Labute approximate surface area is 180 Å². The van der Waals surface area contributed by atoms with Gasteiger partial charge in [0, 0.05) is 18.7 Å². The third-order valence-electron chi connectivity index (χ3n) is 5.23. The molecular formula is C20H20F3N5O4. The van der Waals surface area contributed by atoms with Crippen molar-refractivity contribution in [2.45, 2.75) is 24.9 Å². The minimum absolute atomic E-state index is 0.124. The fourth-order valence-corrected chi connectivity index (χ4v) is 3.63. The number of likely N-dealkylation sites (tertiary alicyclic amines) is 1. The van der Waals surface area contributed by atoms with Crippen LogP contribution in [-0.2, 0) is 6.18 Å². The predicted molar refractivity (Wildman–Crippen MR) is 104 cm³/mol. The molecule has 1 aromatic carbocycles. The Hall–Kier alpha value is -3.57. The van der Waals surface area contributed by atoms with Gasteiger partial charge < -0.3 is 18.8 Å². The molecule has 9 nitrogen and oxygen atoms in total. The summed E-state index contributed by atoms with van der Waals surface area (Å²) in [7, 11) is 3.07. The van der Waals surface area contributed by atoms with E-state index in [0.717, 1.165) is 0 Å². The second-order valence-electron chi connectivity index (χ2n) is 7.27. The van der Waals surface area contributed by atoms with Crippen LogP contribution in [0.15, 0.2) is 28.7 Å². The second-order valence-corrected chi connectivity index (χ2v) is 7.27. The van der Waals surface area contributed by atoms with Crippen LogP contribution in [0.25, 0.3) is 11.3 Å². The number of aromatic nitrogens is 4. The largest absolute Gasteiger partial charge is 0.497 e. The van der Waals surface area contributed by atoms with E-state index in [2.05, 4.69) is 20.4 Å². The Bertz CT molecular complexity index is 1110. The third-order valence-corrected chi connectivity index (χ3v) is 5.23. The number of H-pyrrole nitrogens is 1. The molecule has 1 aliphatic rings. The quantitative estimate of drug-likeness (QED) is 0.633. The molecule has 4 rings (SSSR count). The second kappa shape index (κ2) is 8.52. The number of hydrogen-bond donors (Lipinski definition) is 1. The van der Waals surface area contributed by atoms with Gasteiger partial charge in [-0.25, -0.2) is 0 Å². The number of methoxy groups -OCH3 is 2. The number of nitrogens with zero attached hydrogens (tertiary/aromatic N) is 4. The van der Waals surface area contributed by atoms with Crippen molar-refractivity contribution in [2.75, 3.05) is 27.3 Å². The molecule has 2 aromatic heterocycles. The number of amides is 1. The summed E-state index contributed by atoms with van der Waals surface area (Å²) in [6, 6.07) is 6.82. The Morgan fingerprint density at radius 3 is 2.72 bits per heavy atom. The molecule has 1 aliphatic heterocycles. The molecule has 1 atom stereocenters. The zero-order chi connectivity index (χ0) is 22.9. The van der Waals surface area contributed by atoms with Crippen LogP contribution in [-0.4, -0.2) is 58.5 Å². The van der Waals surface area contributed by atoms with E-state index >= 15 is 0 Å². The maximum atomic E-state index is 13.0. The Morgan fingerprint density at radius 2 is 2.03 bits per heavy atom. The summed E-state index contributed by atoms with van der Waals surface area (Å²) < 4.78 is 53.7. The Morgan fingerprint density at radius 1 is 1.22 bits per heavy atom. The number of aromatic amines is 1. The highest BCUT2D eigenvalue weighted by Gasteiger charge is 2.39. The van der Waals surface area contributed by atoms with Gasteiger partial charge in [-0.3, -0.25) is 9.89 Å². The van der Waals surface area contributed by atoms with E-state index in [1.165, 1.54) is 12.0 Å². The SMILES string of the molecule is COc1ccc(OC)c(-c2cc(C(=O)N3CCCC(c4nnc(C(F)(F)F)o4)C3)[nH]n2)c1. The number of nitrogens with one attached hydrogen (secondary N) is 1. The standard InChI is InChI=1S/C20H20F3N5O4/c1-30-12-5-6-16(31-2)13(8-12)14-9-15(25-24-14)18(29)28-7-3-4-11(10-28)17-26-27-19(32-17)20(21,22)23/h5-6,8-9,11H,3-4,7,10H2,1-2H3,(H,24,25). The summed E-state index contributed by atoms with van der Waals surface area (Å²) in [5.41, 5.74) is 1.38. The molecule has 170 valence electrons. The van der Waals surface area contributed by atoms with Crippen LogP contribution < -0.4 is 9.47 Å². The molecule has 1 unspecified atom stereocenters. The molecule has 3 aromatic rings. The van der Waals surface area contributed by atoms with Gasteiger partial charge in [-0.05, 0) is 37.1 Å². The van der Waals surface area contributed by atoms with E-state index in [1.54, 1.807) is 31.4 Å². The van der Waals surface area contributed by atoms with Crippen LogP contribution in [0.4, 0.5) is 13.2 Å². The monoisotopic (exact) mass is 451 g/mol. The molecule has 0 bridgehead atoms. The number of hydrogen-bond acceptors (Lipinski definition) is 7.